The Bertz CT molecular complexity index is 2020. The minimum absolute atomic E-state index is 1.05. The van der Waals surface area contributed by atoms with Gasteiger partial charge in [-0.25, -0.2) is 0 Å². The van der Waals surface area contributed by atoms with Crippen LogP contribution in [0.2, 0.25) is 0 Å². The Labute approximate surface area is 267 Å². The third-order valence-electron chi connectivity index (χ3n) is 9.60. The topological polar surface area (TPSA) is 10.4 Å². The average molecular weight is 600 g/mol. The van der Waals surface area contributed by atoms with Crippen LogP contribution in [0.3, 0.4) is 0 Å². The quantitative estimate of drug-likeness (QED) is 0.111. The van der Waals surface area contributed by atoms with Gasteiger partial charge < -0.3 is 9.80 Å². The molecular formula is C41H33N3S+2. The zero-order valence-corrected chi connectivity index (χ0v) is 26.1. The van der Waals surface area contributed by atoms with Gasteiger partial charge in [0.1, 0.15) is 7.05 Å². The highest BCUT2D eigenvalue weighted by molar-refractivity contribution is 7.24. The largest absolute Gasteiger partial charge is 0.310 e. The number of aromatic nitrogens is 1. The van der Waals surface area contributed by atoms with Gasteiger partial charge in [-0.05, 0) is 84.3 Å². The Morgan fingerprint density at radius 2 is 0.778 bits per heavy atom. The van der Waals surface area contributed by atoms with Crippen LogP contribution in [0.15, 0.2) is 133 Å². The number of hydrogen-bond donors (Lipinski definition) is 0. The molecular weight excluding hydrogens is 567 g/mol. The second-order valence-corrected chi connectivity index (χ2v) is 13.2. The van der Waals surface area contributed by atoms with Crippen molar-refractivity contribution in [1.82, 2.24) is 0 Å². The summed E-state index contributed by atoms with van der Waals surface area (Å²) >= 11 is 1.88. The van der Waals surface area contributed by atoms with E-state index < -0.39 is 0 Å². The summed E-state index contributed by atoms with van der Waals surface area (Å²) in [5.41, 5.74) is 15.6. The highest BCUT2D eigenvalue weighted by Gasteiger charge is 2.29. The van der Waals surface area contributed by atoms with Crippen LogP contribution in [0, 0.1) is 0 Å². The summed E-state index contributed by atoms with van der Waals surface area (Å²) in [6.07, 6.45) is 4.19. The van der Waals surface area contributed by atoms with Gasteiger partial charge in [0, 0.05) is 47.0 Å². The van der Waals surface area contributed by atoms with Crippen LogP contribution in [0.5, 0.6) is 0 Å². The number of benzene rings is 6. The molecule has 0 N–H and O–H groups in total. The molecule has 1 aromatic heterocycles. The highest BCUT2D eigenvalue weighted by Crippen LogP contribution is 2.45. The van der Waals surface area contributed by atoms with E-state index in [-0.39, 0.29) is 0 Å². The summed E-state index contributed by atoms with van der Waals surface area (Å²) in [6, 6.07) is 49.5. The van der Waals surface area contributed by atoms with Crippen LogP contribution in [0.4, 0.5) is 34.1 Å². The molecule has 9 rings (SSSR count). The predicted molar refractivity (Wildman–Crippen MR) is 189 cm³/mol. The van der Waals surface area contributed by atoms with Gasteiger partial charge >= 0.3 is 9.40 Å². The molecule has 216 valence electrons. The van der Waals surface area contributed by atoms with E-state index in [4.69, 9.17) is 0 Å². The van der Waals surface area contributed by atoms with Crippen LogP contribution < -0.4 is 14.4 Å². The molecule has 0 saturated carbocycles. The SMILES string of the molecule is C[n+]1c2ccc(N3c4ccccc4CCc4ccccc43)cc2[s+]c2cc(N3c4ccccc4CCc4ccccc43)ccc21. The van der Waals surface area contributed by atoms with Crippen LogP contribution in [-0.2, 0) is 32.7 Å². The van der Waals surface area contributed by atoms with Gasteiger partial charge in [0.15, 0.2) is 0 Å². The van der Waals surface area contributed by atoms with E-state index in [1.54, 1.807) is 0 Å². The molecule has 0 amide bonds. The number of rotatable bonds is 2. The molecule has 45 heavy (non-hydrogen) atoms. The van der Waals surface area contributed by atoms with E-state index >= 15 is 0 Å². The first kappa shape index (κ1) is 26.4. The molecule has 0 radical (unpaired) electrons. The van der Waals surface area contributed by atoms with E-state index in [9.17, 15) is 0 Å². The summed E-state index contributed by atoms with van der Waals surface area (Å²) in [5, 5.41) is 0. The molecule has 2 aliphatic heterocycles. The normalized spacial score (nSPS) is 13.9. The fraction of sp³-hybridized carbons (Fsp3) is 0.122. The van der Waals surface area contributed by atoms with Gasteiger partial charge in [-0.15, -0.1) is 0 Å². The van der Waals surface area contributed by atoms with Crippen LogP contribution in [-0.4, -0.2) is 0 Å². The summed E-state index contributed by atoms with van der Waals surface area (Å²) in [7, 11) is 2.20. The maximum Gasteiger partial charge on any atom is 0.304 e. The molecule has 0 atom stereocenters. The standard InChI is InChI=1S/C41H33N3S/c1-42-38-24-22-32(43-34-14-6-2-10-28(34)18-19-29-11-3-7-15-35(29)43)26-40(38)45-41-27-33(23-25-39(41)42)44-36-16-8-4-12-30(36)20-21-31-13-5-9-17-37(31)44/h2-17,22-27H,18-21H2,1H3/q+2. The van der Waals surface area contributed by atoms with Gasteiger partial charge in [-0.1, -0.05) is 72.8 Å². The van der Waals surface area contributed by atoms with Gasteiger partial charge in [0.05, 0.1) is 11.4 Å². The lowest BCUT2D eigenvalue weighted by atomic mass is 10.0. The van der Waals surface area contributed by atoms with E-state index in [2.05, 4.69) is 155 Å². The molecule has 0 bridgehead atoms. The molecule has 3 heterocycles. The lowest BCUT2D eigenvalue weighted by molar-refractivity contribution is -0.617. The van der Waals surface area contributed by atoms with Crippen molar-refractivity contribution in [3.05, 3.63) is 156 Å². The summed E-state index contributed by atoms with van der Waals surface area (Å²) in [4.78, 5) is 4.94. The summed E-state index contributed by atoms with van der Waals surface area (Å²) in [5.74, 6) is 0. The third kappa shape index (κ3) is 4.32. The molecule has 0 spiro atoms. The molecule has 2 aliphatic rings. The summed E-state index contributed by atoms with van der Waals surface area (Å²) in [6.45, 7) is 0. The molecule has 0 aliphatic carbocycles. The van der Waals surface area contributed by atoms with Crippen LogP contribution >= 0.6 is 11.3 Å². The van der Waals surface area contributed by atoms with Crippen molar-refractivity contribution in [2.24, 2.45) is 7.05 Å². The van der Waals surface area contributed by atoms with E-state index in [0.717, 1.165) is 25.7 Å². The lowest BCUT2D eigenvalue weighted by Gasteiger charge is -2.27. The fourth-order valence-electron chi connectivity index (χ4n) is 7.37. The van der Waals surface area contributed by atoms with Crippen LogP contribution in [0.1, 0.15) is 22.3 Å². The monoisotopic (exact) mass is 599 g/mol. The maximum absolute atomic E-state index is 2.47. The molecule has 3 nitrogen and oxygen atoms in total. The summed E-state index contributed by atoms with van der Waals surface area (Å²) < 4.78 is 4.90. The van der Waals surface area contributed by atoms with Crippen molar-refractivity contribution in [2.75, 3.05) is 9.80 Å². The maximum atomic E-state index is 2.47. The lowest BCUT2D eigenvalue weighted by Crippen LogP contribution is -2.29. The Kier molecular flexibility index (Phi) is 6.17. The van der Waals surface area contributed by atoms with Gasteiger partial charge in [0.25, 0.3) is 11.0 Å². The predicted octanol–water partition coefficient (Wildman–Crippen LogP) is 10.3. The number of fused-ring (bicyclic) bond motifs is 6. The average Bonchev–Trinajstić information content (AvgIpc) is 3.36. The first-order chi connectivity index (χ1) is 22.2. The number of para-hydroxylation sites is 4. The number of nitrogens with zero attached hydrogens (tertiary/aromatic N) is 3. The Hall–Kier alpha value is -5.06. The minimum Gasteiger partial charge on any atom is -0.310 e. The zero-order valence-electron chi connectivity index (χ0n) is 25.3. The van der Waals surface area contributed by atoms with E-state index in [0.29, 0.717) is 0 Å². The minimum atomic E-state index is 1.05. The molecule has 4 heteroatoms. The Morgan fingerprint density at radius 3 is 1.13 bits per heavy atom. The molecule has 0 unspecified atom stereocenters. The molecule has 6 aromatic carbocycles. The fourth-order valence-corrected chi connectivity index (χ4v) is 8.58. The van der Waals surface area contributed by atoms with Gasteiger partial charge in [0.2, 0.25) is 11.3 Å². The van der Waals surface area contributed by atoms with E-state index in [1.165, 1.54) is 76.8 Å². The first-order valence-electron chi connectivity index (χ1n) is 15.8. The highest BCUT2D eigenvalue weighted by atomic mass is 32.1. The first-order valence-corrected chi connectivity index (χ1v) is 16.7. The smallest absolute Gasteiger partial charge is 0.304 e. The third-order valence-corrected chi connectivity index (χ3v) is 10.7. The second kappa shape index (κ2) is 10.5. The van der Waals surface area contributed by atoms with Crippen molar-refractivity contribution < 1.29 is 4.57 Å². The van der Waals surface area contributed by atoms with Crippen LogP contribution in [0.25, 0.3) is 20.4 Å². The zero-order chi connectivity index (χ0) is 29.9. The van der Waals surface area contributed by atoms with Gasteiger partial charge in [-0.3, -0.25) is 0 Å². The van der Waals surface area contributed by atoms with Crippen molar-refractivity contribution in [1.29, 1.82) is 0 Å². The van der Waals surface area contributed by atoms with Crippen molar-refractivity contribution in [3.63, 3.8) is 0 Å². The van der Waals surface area contributed by atoms with Crippen molar-refractivity contribution in [2.45, 2.75) is 25.7 Å². The second-order valence-electron chi connectivity index (χ2n) is 12.2. The molecule has 0 fully saturated rings. The number of hydrogen-bond acceptors (Lipinski definition) is 2. The van der Waals surface area contributed by atoms with E-state index in [1.807, 2.05) is 11.3 Å². The number of aryl methyl sites for hydroxylation is 5. The Morgan fingerprint density at radius 1 is 0.444 bits per heavy atom. The van der Waals surface area contributed by atoms with Crippen molar-refractivity contribution >= 4 is 65.9 Å². The molecule has 0 saturated heterocycles. The van der Waals surface area contributed by atoms with Gasteiger partial charge in [-0.2, -0.15) is 4.57 Å². The van der Waals surface area contributed by atoms with Crippen molar-refractivity contribution in [3.8, 4) is 0 Å². The molecule has 7 aromatic rings. The Balaban J connectivity index is 1.23. The number of anilines is 6.